The Morgan fingerprint density at radius 1 is 1.12 bits per heavy atom. The monoisotopic (exact) mass is 238 g/mol. The molecule has 17 heavy (non-hydrogen) atoms. The normalized spacial score (nSPS) is 10.6. The molecule has 3 heteroatoms. The second-order valence-corrected chi connectivity index (χ2v) is 4.43. The van der Waals surface area contributed by atoms with Gasteiger partial charge in [-0.05, 0) is 18.6 Å². The van der Waals surface area contributed by atoms with Gasteiger partial charge in [0.05, 0.1) is 6.42 Å². The van der Waals surface area contributed by atoms with Gasteiger partial charge in [-0.2, -0.15) is 0 Å². The molecular formula is C14H22O3. The average molecular weight is 238 g/mol. The SMILES string of the molecule is CCCCCCCc1ccc(CCC(=O)O)o1. The van der Waals surface area contributed by atoms with Crippen LogP contribution in [0.15, 0.2) is 16.5 Å². The van der Waals surface area contributed by atoms with Gasteiger partial charge in [-0.25, -0.2) is 0 Å². The largest absolute Gasteiger partial charge is 0.481 e. The van der Waals surface area contributed by atoms with Crippen LogP contribution in [0.25, 0.3) is 0 Å². The van der Waals surface area contributed by atoms with Crippen molar-refractivity contribution in [1.82, 2.24) is 0 Å². The van der Waals surface area contributed by atoms with E-state index in [4.69, 9.17) is 9.52 Å². The number of aliphatic carboxylic acids is 1. The van der Waals surface area contributed by atoms with Gasteiger partial charge in [0.15, 0.2) is 0 Å². The Balaban J connectivity index is 2.19. The fraction of sp³-hybridized carbons (Fsp3) is 0.643. The van der Waals surface area contributed by atoms with E-state index in [2.05, 4.69) is 6.92 Å². The number of carboxylic acid groups (broad SMARTS) is 1. The second-order valence-electron chi connectivity index (χ2n) is 4.43. The topological polar surface area (TPSA) is 50.4 Å². The first-order chi connectivity index (χ1) is 8.22. The van der Waals surface area contributed by atoms with Crippen LogP contribution in [0.5, 0.6) is 0 Å². The number of aryl methyl sites for hydroxylation is 2. The molecule has 0 atom stereocenters. The van der Waals surface area contributed by atoms with E-state index in [1.165, 1.54) is 25.7 Å². The predicted octanol–water partition coefficient (Wildman–Crippen LogP) is 3.81. The van der Waals surface area contributed by atoms with Crippen molar-refractivity contribution in [2.24, 2.45) is 0 Å². The number of furan rings is 1. The number of rotatable bonds is 9. The predicted molar refractivity (Wildman–Crippen MR) is 67.1 cm³/mol. The minimum atomic E-state index is -0.775. The molecule has 0 saturated carbocycles. The van der Waals surface area contributed by atoms with E-state index < -0.39 is 5.97 Å². The maximum Gasteiger partial charge on any atom is 0.303 e. The van der Waals surface area contributed by atoms with Crippen molar-refractivity contribution in [1.29, 1.82) is 0 Å². The summed E-state index contributed by atoms with van der Waals surface area (Å²) in [5.41, 5.74) is 0. The second kappa shape index (κ2) is 7.93. The molecule has 96 valence electrons. The third-order valence-electron chi connectivity index (χ3n) is 2.83. The lowest BCUT2D eigenvalue weighted by molar-refractivity contribution is -0.137. The first-order valence-corrected chi connectivity index (χ1v) is 6.51. The van der Waals surface area contributed by atoms with Crippen molar-refractivity contribution in [2.75, 3.05) is 0 Å². The summed E-state index contributed by atoms with van der Waals surface area (Å²) in [4.78, 5) is 10.4. The highest BCUT2D eigenvalue weighted by Gasteiger charge is 2.04. The molecule has 0 fully saturated rings. The third-order valence-corrected chi connectivity index (χ3v) is 2.83. The molecule has 0 bridgehead atoms. The van der Waals surface area contributed by atoms with Gasteiger partial charge >= 0.3 is 5.97 Å². The van der Waals surface area contributed by atoms with E-state index in [0.29, 0.717) is 6.42 Å². The minimum absolute atomic E-state index is 0.142. The molecule has 0 spiro atoms. The summed E-state index contributed by atoms with van der Waals surface area (Å²) in [5, 5.41) is 8.56. The summed E-state index contributed by atoms with van der Waals surface area (Å²) in [5.74, 6) is 1.00. The van der Waals surface area contributed by atoms with Gasteiger partial charge in [0.25, 0.3) is 0 Å². The quantitative estimate of drug-likeness (QED) is 0.665. The van der Waals surface area contributed by atoms with Crippen LogP contribution < -0.4 is 0 Å². The molecule has 0 aromatic carbocycles. The maximum absolute atomic E-state index is 10.4. The molecule has 1 N–H and O–H groups in total. The van der Waals surface area contributed by atoms with E-state index in [9.17, 15) is 4.79 Å². The zero-order valence-corrected chi connectivity index (χ0v) is 10.6. The molecule has 1 heterocycles. The number of hydrogen-bond donors (Lipinski definition) is 1. The molecule has 1 rings (SSSR count). The third kappa shape index (κ3) is 6.15. The smallest absolute Gasteiger partial charge is 0.303 e. The molecule has 0 aliphatic rings. The molecular weight excluding hydrogens is 216 g/mol. The van der Waals surface area contributed by atoms with Crippen molar-refractivity contribution in [3.05, 3.63) is 23.7 Å². The van der Waals surface area contributed by atoms with Gasteiger partial charge in [0.2, 0.25) is 0 Å². The van der Waals surface area contributed by atoms with Crippen LogP contribution in [0.1, 0.15) is 57.0 Å². The van der Waals surface area contributed by atoms with Gasteiger partial charge in [-0.3, -0.25) is 4.79 Å². The highest BCUT2D eigenvalue weighted by atomic mass is 16.4. The van der Waals surface area contributed by atoms with E-state index in [0.717, 1.165) is 24.4 Å². The van der Waals surface area contributed by atoms with Crippen LogP contribution >= 0.6 is 0 Å². The van der Waals surface area contributed by atoms with Crippen molar-refractivity contribution in [3.63, 3.8) is 0 Å². The zero-order valence-electron chi connectivity index (χ0n) is 10.6. The summed E-state index contributed by atoms with van der Waals surface area (Å²) in [6.07, 6.45) is 7.88. The summed E-state index contributed by atoms with van der Waals surface area (Å²) in [6.45, 7) is 2.21. The van der Waals surface area contributed by atoms with Crippen LogP contribution in [0, 0.1) is 0 Å². The van der Waals surface area contributed by atoms with Crippen molar-refractivity contribution in [3.8, 4) is 0 Å². The molecule has 0 saturated heterocycles. The fourth-order valence-electron chi connectivity index (χ4n) is 1.82. The average Bonchev–Trinajstić information content (AvgIpc) is 2.74. The maximum atomic E-state index is 10.4. The Labute approximate surface area is 103 Å². The van der Waals surface area contributed by atoms with Crippen molar-refractivity contribution >= 4 is 5.97 Å². The van der Waals surface area contributed by atoms with E-state index >= 15 is 0 Å². The fourth-order valence-corrected chi connectivity index (χ4v) is 1.82. The number of hydrogen-bond acceptors (Lipinski definition) is 2. The highest BCUT2D eigenvalue weighted by Crippen LogP contribution is 2.14. The molecule has 3 nitrogen and oxygen atoms in total. The Morgan fingerprint density at radius 3 is 2.41 bits per heavy atom. The van der Waals surface area contributed by atoms with E-state index in [-0.39, 0.29) is 6.42 Å². The van der Waals surface area contributed by atoms with Gasteiger partial charge in [0, 0.05) is 12.8 Å². The van der Waals surface area contributed by atoms with Gasteiger partial charge < -0.3 is 9.52 Å². The number of carboxylic acids is 1. The van der Waals surface area contributed by atoms with Gasteiger partial charge in [-0.15, -0.1) is 0 Å². The molecule has 0 amide bonds. The van der Waals surface area contributed by atoms with Crippen LogP contribution in [0.3, 0.4) is 0 Å². The highest BCUT2D eigenvalue weighted by molar-refractivity contribution is 5.66. The van der Waals surface area contributed by atoms with Crippen LogP contribution in [0.4, 0.5) is 0 Å². The van der Waals surface area contributed by atoms with Crippen LogP contribution in [-0.2, 0) is 17.6 Å². The van der Waals surface area contributed by atoms with Crippen molar-refractivity contribution in [2.45, 2.75) is 58.3 Å². The molecule has 1 aromatic heterocycles. The summed E-state index contributed by atoms with van der Waals surface area (Å²) in [7, 11) is 0. The molecule has 1 aromatic rings. The minimum Gasteiger partial charge on any atom is -0.481 e. The molecule has 0 aliphatic heterocycles. The van der Waals surface area contributed by atoms with Crippen LogP contribution in [-0.4, -0.2) is 11.1 Å². The summed E-state index contributed by atoms with van der Waals surface area (Å²) in [6, 6.07) is 3.86. The Hall–Kier alpha value is -1.25. The molecule has 0 unspecified atom stereocenters. The summed E-state index contributed by atoms with van der Waals surface area (Å²) < 4.78 is 5.58. The number of carbonyl (C=O) groups is 1. The van der Waals surface area contributed by atoms with Crippen molar-refractivity contribution < 1.29 is 14.3 Å². The first-order valence-electron chi connectivity index (χ1n) is 6.51. The Kier molecular flexibility index (Phi) is 6.45. The molecule has 0 aliphatic carbocycles. The lowest BCUT2D eigenvalue weighted by atomic mass is 10.1. The first kappa shape index (κ1) is 13.8. The standard InChI is InChI=1S/C14H22O3/c1-2-3-4-5-6-7-12-8-9-13(17-12)10-11-14(15)16/h8-9H,2-7,10-11H2,1H3,(H,15,16). The Bertz CT molecular complexity index is 328. The summed E-state index contributed by atoms with van der Waals surface area (Å²) >= 11 is 0. The van der Waals surface area contributed by atoms with Crippen LogP contribution in [0.2, 0.25) is 0 Å². The lowest BCUT2D eigenvalue weighted by Gasteiger charge is -1.98. The van der Waals surface area contributed by atoms with Gasteiger partial charge in [-0.1, -0.05) is 32.6 Å². The van der Waals surface area contributed by atoms with Gasteiger partial charge in [0.1, 0.15) is 11.5 Å². The van der Waals surface area contributed by atoms with E-state index in [1.807, 2.05) is 12.1 Å². The molecule has 0 radical (unpaired) electrons. The zero-order chi connectivity index (χ0) is 12.5. The lowest BCUT2D eigenvalue weighted by Crippen LogP contribution is -1.96. The Morgan fingerprint density at radius 2 is 1.76 bits per heavy atom. The number of unbranched alkanes of at least 4 members (excludes halogenated alkanes) is 4. The van der Waals surface area contributed by atoms with E-state index in [1.54, 1.807) is 0 Å².